The summed E-state index contributed by atoms with van der Waals surface area (Å²) >= 11 is 1.75. The quantitative estimate of drug-likeness (QED) is 0.794. The zero-order valence-electron chi connectivity index (χ0n) is 10.8. The first-order chi connectivity index (χ1) is 8.59. The largest absolute Gasteiger partial charge is 0.390 e. The van der Waals surface area contributed by atoms with Gasteiger partial charge in [-0.3, -0.25) is 4.90 Å². The van der Waals surface area contributed by atoms with Crippen LogP contribution in [0.25, 0.3) is 0 Å². The number of piperidine rings is 1. The topological polar surface area (TPSA) is 49.5 Å². The van der Waals surface area contributed by atoms with E-state index in [2.05, 4.69) is 28.2 Å². The van der Waals surface area contributed by atoms with Crippen molar-refractivity contribution in [3.05, 3.63) is 21.9 Å². The average molecular weight is 264 g/mol. The zero-order valence-corrected chi connectivity index (χ0v) is 11.6. The van der Waals surface area contributed by atoms with Crippen molar-refractivity contribution in [2.75, 3.05) is 19.6 Å². The van der Waals surface area contributed by atoms with Crippen LogP contribution in [-0.4, -0.2) is 35.2 Å². The highest BCUT2D eigenvalue weighted by molar-refractivity contribution is 7.10. The molecule has 0 aromatic carbocycles. The SMILES string of the molecule is CC1(O)CCN(Cc2cc(C#CCN)cs2)CC1. The van der Waals surface area contributed by atoms with E-state index in [0.29, 0.717) is 6.54 Å². The first-order valence-corrected chi connectivity index (χ1v) is 7.18. The molecule has 1 fully saturated rings. The van der Waals surface area contributed by atoms with E-state index in [1.165, 1.54) is 4.88 Å². The summed E-state index contributed by atoms with van der Waals surface area (Å²) in [5.74, 6) is 5.92. The maximum atomic E-state index is 9.91. The Morgan fingerprint density at radius 1 is 1.50 bits per heavy atom. The van der Waals surface area contributed by atoms with Crippen molar-refractivity contribution in [3.8, 4) is 11.8 Å². The Labute approximate surface area is 113 Å². The fourth-order valence-electron chi connectivity index (χ4n) is 2.10. The molecule has 0 bridgehead atoms. The van der Waals surface area contributed by atoms with Gasteiger partial charge >= 0.3 is 0 Å². The van der Waals surface area contributed by atoms with E-state index in [1.54, 1.807) is 11.3 Å². The standard InChI is InChI=1S/C14H20N2OS/c1-14(17)4-7-16(8-5-14)10-13-9-12(11-18-13)3-2-6-15/h9,11,17H,4-8,10,15H2,1H3. The number of rotatable bonds is 2. The van der Waals surface area contributed by atoms with Crippen LogP contribution in [0.5, 0.6) is 0 Å². The lowest BCUT2D eigenvalue weighted by Crippen LogP contribution is -2.41. The van der Waals surface area contributed by atoms with Crippen molar-refractivity contribution in [1.29, 1.82) is 0 Å². The molecule has 1 aliphatic heterocycles. The Hall–Kier alpha value is -0.860. The maximum Gasteiger partial charge on any atom is 0.0644 e. The molecule has 2 rings (SSSR count). The molecule has 0 saturated carbocycles. The van der Waals surface area contributed by atoms with Crippen LogP contribution in [0.2, 0.25) is 0 Å². The number of likely N-dealkylation sites (tertiary alicyclic amines) is 1. The van der Waals surface area contributed by atoms with Crippen LogP contribution in [0, 0.1) is 11.8 Å². The summed E-state index contributed by atoms with van der Waals surface area (Å²) in [6, 6.07) is 2.14. The molecule has 18 heavy (non-hydrogen) atoms. The van der Waals surface area contributed by atoms with Gasteiger partial charge in [-0.25, -0.2) is 0 Å². The third-order valence-electron chi connectivity index (χ3n) is 3.30. The maximum absolute atomic E-state index is 9.91. The lowest BCUT2D eigenvalue weighted by molar-refractivity contribution is -0.00706. The lowest BCUT2D eigenvalue weighted by atomic mass is 9.94. The van der Waals surface area contributed by atoms with Gasteiger partial charge < -0.3 is 10.8 Å². The molecule has 0 atom stereocenters. The minimum Gasteiger partial charge on any atom is -0.390 e. The monoisotopic (exact) mass is 264 g/mol. The highest BCUT2D eigenvalue weighted by atomic mass is 32.1. The van der Waals surface area contributed by atoms with Crippen molar-refractivity contribution in [2.45, 2.75) is 31.9 Å². The molecule has 3 N–H and O–H groups in total. The predicted octanol–water partition coefficient (Wildman–Crippen LogP) is 1.41. The summed E-state index contributed by atoms with van der Waals surface area (Å²) in [7, 11) is 0. The van der Waals surface area contributed by atoms with Gasteiger partial charge in [-0.15, -0.1) is 11.3 Å². The summed E-state index contributed by atoms with van der Waals surface area (Å²) in [4.78, 5) is 3.72. The molecular formula is C14H20N2OS. The molecule has 0 amide bonds. The van der Waals surface area contributed by atoms with Crippen LogP contribution in [0.4, 0.5) is 0 Å². The van der Waals surface area contributed by atoms with Crippen LogP contribution in [0.3, 0.4) is 0 Å². The minimum absolute atomic E-state index is 0.409. The molecule has 4 heteroatoms. The number of hydrogen-bond acceptors (Lipinski definition) is 4. The van der Waals surface area contributed by atoms with Crippen molar-refractivity contribution < 1.29 is 5.11 Å². The Balaban J connectivity index is 1.88. The van der Waals surface area contributed by atoms with E-state index in [-0.39, 0.29) is 0 Å². The number of nitrogens with two attached hydrogens (primary N) is 1. The molecule has 1 aromatic heterocycles. The highest BCUT2D eigenvalue weighted by Gasteiger charge is 2.27. The molecule has 1 aliphatic rings. The van der Waals surface area contributed by atoms with Crippen molar-refractivity contribution in [3.63, 3.8) is 0 Å². The number of nitrogens with zero attached hydrogens (tertiary/aromatic N) is 1. The van der Waals surface area contributed by atoms with Gasteiger partial charge in [0.2, 0.25) is 0 Å². The first kappa shape index (κ1) is 13.6. The summed E-state index contributed by atoms with van der Waals surface area (Å²) in [6.07, 6.45) is 1.72. The summed E-state index contributed by atoms with van der Waals surface area (Å²) < 4.78 is 0. The Kier molecular flexibility index (Phi) is 4.41. The Morgan fingerprint density at radius 3 is 2.89 bits per heavy atom. The van der Waals surface area contributed by atoms with E-state index in [0.717, 1.165) is 38.0 Å². The minimum atomic E-state index is -0.469. The fourth-order valence-corrected chi connectivity index (χ4v) is 2.95. The fraction of sp³-hybridized carbons (Fsp3) is 0.571. The zero-order chi connectivity index (χ0) is 13.0. The van der Waals surface area contributed by atoms with Crippen molar-refractivity contribution >= 4 is 11.3 Å². The van der Waals surface area contributed by atoms with Gasteiger partial charge in [0.1, 0.15) is 0 Å². The van der Waals surface area contributed by atoms with Crippen molar-refractivity contribution in [2.24, 2.45) is 5.73 Å². The predicted molar refractivity (Wildman–Crippen MR) is 75.4 cm³/mol. The van der Waals surface area contributed by atoms with E-state index in [1.807, 2.05) is 6.92 Å². The molecule has 0 unspecified atom stereocenters. The summed E-state index contributed by atoms with van der Waals surface area (Å²) in [6.45, 7) is 5.23. The van der Waals surface area contributed by atoms with Crippen LogP contribution < -0.4 is 5.73 Å². The number of hydrogen-bond donors (Lipinski definition) is 2. The second-order valence-corrected chi connectivity index (χ2v) is 6.08. The van der Waals surface area contributed by atoms with E-state index in [9.17, 15) is 5.11 Å². The first-order valence-electron chi connectivity index (χ1n) is 6.30. The molecule has 0 spiro atoms. The second kappa shape index (κ2) is 5.85. The smallest absolute Gasteiger partial charge is 0.0644 e. The molecular weight excluding hydrogens is 244 g/mol. The molecule has 1 saturated heterocycles. The van der Waals surface area contributed by atoms with Gasteiger partial charge in [-0.05, 0) is 25.8 Å². The van der Waals surface area contributed by atoms with E-state index >= 15 is 0 Å². The molecule has 1 aromatic rings. The second-order valence-electron chi connectivity index (χ2n) is 5.08. The molecule has 0 radical (unpaired) electrons. The summed E-state index contributed by atoms with van der Waals surface area (Å²) in [5, 5.41) is 12.0. The van der Waals surface area contributed by atoms with E-state index in [4.69, 9.17) is 5.73 Å². The van der Waals surface area contributed by atoms with Crippen LogP contribution in [-0.2, 0) is 6.54 Å². The van der Waals surface area contributed by atoms with Crippen molar-refractivity contribution in [1.82, 2.24) is 4.90 Å². The normalized spacial score (nSPS) is 19.3. The number of aliphatic hydroxyl groups is 1. The average Bonchev–Trinajstić information content (AvgIpc) is 2.77. The van der Waals surface area contributed by atoms with Gasteiger partial charge in [0.25, 0.3) is 0 Å². The van der Waals surface area contributed by atoms with Gasteiger partial charge in [0, 0.05) is 35.5 Å². The van der Waals surface area contributed by atoms with Gasteiger partial charge in [0.05, 0.1) is 12.1 Å². The molecule has 0 aliphatic carbocycles. The number of thiophene rings is 1. The van der Waals surface area contributed by atoms with Crippen LogP contribution in [0.15, 0.2) is 11.4 Å². The van der Waals surface area contributed by atoms with E-state index < -0.39 is 5.60 Å². The molecule has 98 valence electrons. The Morgan fingerprint density at radius 2 is 2.22 bits per heavy atom. The molecule has 2 heterocycles. The van der Waals surface area contributed by atoms with Crippen LogP contribution in [0.1, 0.15) is 30.2 Å². The molecule has 3 nitrogen and oxygen atoms in total. The van der Waals surface area contributed by atoms with Crippen LogP contribution >= 0.6 is 11.3 Å². The lowest BCUT2D eigenvalue weighted by Gasteiger charge is -2.35. The van der Waals surface area contributed by atoms with Gasteiger partial charge in [0.15, 0.2) is 0 Å². The Bertz CT molecular complexity index is 446. The third kappa shape index (κ3) is 3.82. The van der Waals surface area contributed by atoms with Gasteiger partial charge in [-0.1, -0.05) is 11.8 Å². The highest BCUT2D eigenvalue weighted by Crippen LogP contribution is 2.24. The third-order valence-corrected chi connectivity index (χ3v) is 4.22. The van der Waals surface area contributed by atoms with Gasteiger partial charge in [-0.2, -0.15) is 0 Å². The summed E-state index contributed by atoms with van der Waals surface area (Å²) in [5.41, 5.74) is 5.95.